The second-order valence-electron chi connectivity index (χ2n) is 2.95. The lowest BCUT2D eigenvalue weighted by atomic mass is 10.3. The molecule has 0 aromatic carbocycles. The molecule has 0 radical (unpaired) electrons. The first-order chi connectivity index (χ1) is 6.03. The number of aryl methyl sites for hydroxylation is 1. The zero-order chi connectivity index (χ0) is 9.90. The molecule has 72 valence electrons. The van der Waals surface area contributed by atoms with E-state index in [1.54, 1.807) is 13.0 Å². The van der Waals surface area contributed by atoms with Crippen molar-refractivity contribution in [2.75, 3.05) is 5.75 Å². The smallest absolute Gasteiger partial charge is 0.155 e. The molecule has 0 aliphatic heterocycles. The maximum absolute atomic E-state index is 11.2. The molecular weight excluding hydrogens is 186 g/mol. The number of sulfone groups is 1. The summed E-state index contributed by atoms with van der Waals surface area (Å²) in [6, 6.07) is 5.41. The number of hydrogen-bond donors (Lipinski definition) is 0. The van der Waals surface area contributed by atoms with Crippen molar-refractivity contribution in [2.45, 2.75) is 19.6 Å². The molecule has 0 bridgehead atoms. The maximum atomic E-state index is 11.2. The van der Waals surface area contributed by atoms with Crippen LogP contribution in [0.15, 0.2) is 18.2 Å². The maximum Gasteiger partial charge on any atom is 0.155 e. The molecule has 0 spiro atoms. The highest BCUT2D eigenvalue weighted by Gasteiger charge is 2.09. The van der Waals surface area contributed by atoms with Crippen LogP contribution in [-0.4, -0.2) is 19.2 Å². The molecule has 0 fully saturated rings. The largest absolute Gasteiger partial charge is 0.257 e. The second-order valence-corrected chi connectivity index (χ2v) is 5.30. The Bertz CT molecular complexity index is 384. The van der Waals surface area contributed by atoms with E-state index in [1.807, 2.05) is 19.1 Å². The molecule has 0 unspecified atom stereocenters. The highest BCUT2D eigenvalue weighted by molar-refractivity contribution is 7.90. The topological polar surface area (TPSA) is 47.0 Å². The number of rotatable bonds is 3. The number of pyridine rings is 1. The van der Waals surface area contributed by atoms with Crippen LogP contribution in [0.1, 0.15) is 18.3 Å². The van der Waals surface area contributed by atoms with E-state index in [1.165, 1.54) is 0 Å². The Morgan fingerprint density at radius 2 is 2.08 bits per heavy atom. The van der Waals surface area contributed by atoms with Crippen LogP contribution in [0.5, 0.6) is 0 Å². The summed E-state index contributed by atoms with van der Waals surface area (Å²) in [4.78, 5) is 4.13. The van der Waals surface area contributed by atoms with Gasteiger partial charge in [0.2, 0.25) is 0 Å². The zero-order valence-corrected chi connectivity index (χ0v) is 8.63. The Balaban J connectivity index is 2.87. The van der Waals surface area contributed by atoms with Gasteiger partial charge in [0, 0.05) is 11.4 Å². The third-order valence-corrected chi connectivity index (χ3v) is 3.37. The molecule has 0 saturated heterocycles. The lowest BCUT2D eigenvalue weighted by molar-refractivity contribution is 0.596. The van der Waals surface area contributed by atoms with Gasteiger partial charge in [0.15, 0.2) is 9.84 Å². The van der Waals surface area contributed by atoms with Crippen molar-refractivity contribution in [1.29, 1.82) is 0 Å². The van der Waals surface area contributed by atoms with Gasteiger partial charge in [-0.05, 0) is 19.1 Å². The average molecular weight is 199 g/mol. The molecule has 1 rings (SSSR count). The molecule has 13 heavy (non-hydrogen) atoms. The van der Waals surface area contributed by atoms with E-state index in [0.717, 1.165) is 5.69 Å². The molecule has 0 amide bonds. The Hall–Kier alpha value is -0.900. The van der Waals surface area contributed by atoms with Gasteiger partial charge in [-0.2, -0.15) is 0 Å². The molecule has 0 aliphatic rings. The van der Waals surface area contributed by atoms with Crippen molar-refractivity contribution in [3.8, 4) is 0 Å². The lowest BCUT2D eigenvalue weighted by Crippen LogP contribution is -2.08. The average Bonchev–Trinajstić information content (AvgIpc) is 2.03. The van der Waals surface area contributed by atoms with Crippen molar-refractivity contribution in [3.05, 3.63) is 29.6 Å². The molecule has 0 saturated carbocycles. The molecule has 3 nitrogen and oxygen atoms in total. The fourth-order valence-corrected chi connectivity index (χ4v) is 1.82. The highest BCUT2D eigenvalue weighted by atomic mass is 32.2. The van der Waals surface area contributed by atoms with E-state index >= 15 is 0 Å². The quantitative estimate of drug-likeness (QED) is 0.737. The van der Waals surface area contributed by atoms with E-state index in [4.69, 9.17) is 0 Å². The third kappa shape index (κ3) is 3.14. The van der Waals surface area contributed by atoms with Gasteiger partial charge >= 0.3 is 0 Å². The van der Waals surface area contributed by atoms with E-state index in [-0.39, 0.29) is 11.5 Å². The van der Waals surface area contributed by atoms with Gasteiger partial charge in [-0.3, -0.25) is 4.98 Å². The Morgan fingerprint density at radius 1 is 1.38 bits per heavy atom. The van der Waals surface area contributed by atoms with Crippen LogP contribution in [0.25, 0.3) is 0 Å². The lowest BCUT2D eigenvalue weighted by Gasteiger charge is -2.01. The normalized spacial score (nSPS) is 11.5. The Kier molecular flexibility index (Phi) is 3.03. The van der Waals surface area contributed by atoms with Crippen LogP contribution in [-0.2, 0) is 15.6 Å². The predicted molar refractivity (Wildman–Crippen MR) is 52.1 cm³/mol. The van der Waals surface area contributed by atoms with Gasteiger partial charge in [-0.1, -0.05) is 13.0 Å². The minimum Gasteiger partial charge on any atom is -0.257 e. The zero-order valence-electron chi connectivity index (χ0n) is 7.82. The van der Waals surface area contributed by atoms with Gasteiger partial charge in [0.1, 0.15) is 0 Å². The number of aromatic nitrogens is 1. The van der Waals surface area contributed by atoms with Crippen molar-refractivity contribution in [2.24, 2.45) is 0 Å². The van der Waals surface area contributed by atoms with Gasteiger partial charge in [-0.25, -0.2) is 8.42 Å². The first kappa shape index (κ1) is 10.2. The minimum atomic E-state index is -2.95. The summed E-state index contributed by atoms with van der Waals surface area (Å²) in [7, 11) is -2.95. The van der Waals surface area contributed by atoms with Crippen molar-refractivity contribution in [3.63, 3.8) is 0 Å². The SMILES string of the molecule is CCS(=O)(=O)Cc1cccc(C)n1. The summed E-state index contributed by atoms with van der Waals surface area (Å²) < 4.78 is 22.5. The first-order valence-corrected chi connectivity index (χ1v) is 5.98. The van der Waals surface area contributed by atoms with Crippen LogP contribution in [0.3, 0.4) is 0 Å². The Labute approximate surface area is 78.7 Å². The molecule has 0 N–H and O–H groups in total. The number of hydrogen-bond acceptors (Lipinski definition) is 3. The number of nitrogens with zero attached hydrogens (tertiary/aromatic N) is 1. The van der Waals surface area contributed by atoms with E-state index in [9.17, 15) is 8.42 Å². The summed E-state index contributed by atoms with van der Waals surface area (Å²) in [6.07, 6.45) is 0. The fourth-order valence-electron chi connectivity index (χ4n) is 1.01. The van der Waals surface area contributed by atoms with Crippen LogP contribution in [0.2, 0.25) is 0 Å². The van der Waals surface area contributed by atoms with E-state index in [0.29, 0.717) is 5.69 Å². The van der Waals surface area contributed by atoms with Gasteiger partial charge in [0.25, 0.3) is 0 Å². The minimum absolute atomic E-state index is 0.0468. The van der Waals surface area contributed by atoms with Crippen molar-refractivity contribution >= 4 is 9.84 Å². The molecular formula is C9H13NO2S. The van der Waals surface area contributed by atoms with Crippen LogP contribution < -0.4 is 0 Å². The summed E-state index contributed by atoms with van der Waals surface area (Å²) >= 11 is 0. The van der Waals surface area contributed by atoms with Crippen molar-refractivity contribution in [1.82, 2.24) is 4.98 Å². The molecule has 0 aliphatic carbocycles. The molecule has 0 atom stereocenters. The van der Waals surface area contributed by atoms with Crippen molar-refractivity contribution < 1.29 is 8.42 Å². The van der Waals surface area contributed by atoms with E-state index in [2.05, 4.69) is 4.98 Å². The first-order valence-electron chi connectivity index (χ1n) is 4.16. The van der Waals surface area contributed by atoms with Crippen LogP contribution >= 0.6 is 0 Å². The second kappa shape index (κ2) is 3.87. The predicted octanol–water partition coefficient (Wildman–Crippen LogP) is 1.32. The highest BCUT2D eigenvalue weighted by Crippen LogP contribution is 2.04. The molecule has 1 heterocycles. The van der Waals surface area contributed by atoms with Crippen LogP contribution in [0, 0.1) is 6.92 Å². The van der Waals surface area contributed by atoms with E-state index < -0.39 is 9.84 Å². The third-order valence-electron chi connectivity index (χ3n) is 1.75. The van der Waals surface area contributed by atoms with Gasteiger partial charge in [-0.15, -0.1) is 0 Å². The fraction of sp³-hybridized carbons (Fsp3) is 0.444. The summed E-state index contributed by atoms with van der Waals surface area (Å²) in [5, 5.41) is 0. The molecule has 4 heteroatoms. The summed E-state index contributed by atoms with van der Waals surface area (Å²) in [5.74, 6) is 0.216. The molecule has 1 aromatic rings. The monoisotopic (exact) mass is 199 g/mol. The van der Waals surface area contributed by atoms with Gasteiger partial charge in [0.05, 0.1) is 11.4 Å². The Morgan fingerprint density at radius 3 is 2.62 bits per heavy atom. The standard InChI is InChI=1S/C9H13NO2S/c1-3-13(11,12)7-9-6-4-5-8(2)10-9/h4-6H,3,7H2,1-2H3. The van der Waals surface area contributed by atoms with Gasteiger partial charge < -0.3 is 0 Å². The summed E-state index contributed by atoms with van der Waals surface area (Å²) in [5.41, 5.74) is 1.48. The molecule has 1 aromatic heterocycles. The summed E-state index contributed by atoms with van der Waals surface area (Å²) in [6.45, 7) is 3.49. The van der Waals surface area contributed by atoms with Crippen LogP contribution in [0.4, 0.5) is 0 Å².